The zero-order valence-corrected chi connectivity index (χ0v) is 12.9. The van der Waals surface area contributed by atoms with Gasteiger partial charge < -0.3 is 4.74 Å². The molecule has 0 radical (unpaired) electrons. The lowest BCUT2D eigenvalue weighted by molar-refractivity contribution is -0.177. The van der Waals surface area contributed by atoms with E-state index in [9.17, 15) is 19.2 Å². The maximum Gasteiger partial charge on any atom is 0.328 e. The van der Waals surface area contributed by atoms with Crippen molar-refractivity contribution >= 4 is 23.8 Å². The molecule has 7 nitrogen and oxygen atoms in total. The van der Waals surface area contributed by atoms with E-state index in [-0.39, 0.29) is 18.8 Å². The maximum atomic E-state index is 12.3. The number of carbonyl (C=O) groups is 4. The molecule has 2 rings (SSSR count). The van der Waals surface area contributed by atoms with Crippen LogP contribution in [0.2, 0.25) is 0 Å². The molecule has 1 atom stereocenters. The zero-order chi connectivity index (χ0) is 17.0. The third-order valence-corrected chi connectivity index (χ3v) is 3.73. The summed E-state index contributed by atoms with van der Waals surface area (Å²) in [5.41, 5.74) is -1.16. The van der Waals surface area contributed by atoms with E-state index in [2.05, 4.69) is 0 Å². The van der Waals surface area contributed by atoms with Gasteiger partial charge in [0.25, 0.3) is 17.4 Å². The molecule has 0 aliphatic carbocycles. The smallest absolute Gasteiger partial charge is 0.328 e. The van der Waals surface area contributed by atoms with Gasteiger partial charge in [-0.3, -0.25) is 25.0 Å². The van der Waals surface area contributed by atoms with E-state index in [1.807, 2.05) is 47.9 Å². The number of carbonyl (C=O) groups excluding carboxylic acids is 4. The number of ether oxygens (including phenoxy) is 1. The Morgan fingerprint density at radius 2 is 1.70 bits per heavy atom. The number of urea groups is 1. The zero-order valence-electron chi connectivity index (χ0n) is 12.9. The predicted molar refractivity (Wildman–Crippen MR) is 80.3 cm³/mol. The van der Waals surface area contributed by atoms with Gasteiger partial charge in [-0.25, -0.2) is 4.79 Å². The SMILES string of the molecule is CCC(=O)OC1(CC(C)c2ccccc2)C(=O)NC(=O)NC1=O. The van der Waals surface area contributed by atoms with Crippen molar-refractivity contribution in [3.8, 4) is 0 Å². The van der Waals surface area contributed by atoms with Gasteiger partial charge in [-0.1, -0.05) is 44.2 Å². The summed E-state index contributed by atoms with van der Waals surface area (Å²) >= 11 is 0. The second-order valence-electron chi connectivity index (χ2n) is 5.41. The highest BCUT2D eigenvalue weighted by Gasteiger charge is 2.54. The lowest BCUT2D eigenvalue weighted by Gasteiger charge is -2.35. The van der Waals surface area contributed by atoms with E-state index >= 15 is 0 Å². The van der Waals surface area contributed by atoms with Crippen LogP contribution in [-0.4, -0.2) is 29.4 Å². The van der Waals surface area contributed by atoms with Crippen LogP contribution in [0.25, 0.3) is 0 Å². The van der Waals surface area contributed by atoms with Gasteiger partial charge in [-0.15, -0.1) is 0 Å². The minimum Gasteiger partial charge on any atom is -0.439 e. The molecule has 0 saturated carbocycles. The van der Waals surface area contributed by atoms with Crippen LogP contribution in [0.4, 0.5) is 4.79 Å². The number of imide groups is 2. The second-order valence-corrected chi connectivity index (χ2v) is 5.41. The van der Waals surface area contributed by atoms with E-state index in [4.69, 9.17) is 4.74 Å². The fourth-order valence-electron chi connectivity index (χ4n) is 2.46. The third-order valence-electron chi connectivity index (χ3n) is 3.73. The van der Waals surface area contributed by atoms with Gasteiger partial charge in [0.1, 0.15) is 0 Å². The van der Waals surface area contributed by atoms with Crippen molar-refractivity contribution in [2.24, 2.45) is 0 Å². The van der Waals surface area contributed by atoms with Crippen LogP contribution in [0.5, 0.6) is 0 Å². The molecule has 1 saturated heterocycles. The molecule has 0 aromatic heterocycles. The van der Waals surface area contributed by atoms with E-state index in [0.29, 0.717) is 0 Å². The van der Waals surface area contributed by atoms with Gasteiger partial charge in [-0.2, -0.15) is 0 Å². The Balaban J connectivity index is 2.34. The molecule has 1 fully saturated rings. The molecule has 122 valence electrons. The topological polar surface area (TPSA) is 102 Å². The van der Waals surface area contributed by atoms with Gasteiger partial charge in [0.05, 0.1) is 0 Å². The van der Waals surface area contributed by atoms with Gasteiger partial charge in [0.15, 0.2) is 0 Å². The fourth-order valence-corrected chi connectivity index (χ4v) is 2.46. The monoisotopic (exact) mass is 318 g/mol. The highest BCUT2D eigenvalue weighted by atomic mass is 16.6. The van der Waals surface area contributed by atoms with Crippen molar-refractivity contribution in [2.45, 2.75) is 38.2 Å². The van der Waals surface area contributed by atoms with Crippen LogP contribution in [-0.2, 0) is 19.1 Å². The number of esters is 1. The van der Waals surface area contributed by atoms with E-state index in [0.717, 1.165) is 5.56 Å². The molecule has 0 bridgehead atoms. The Labute approximate surface area is 133 Å². The van der Waals surface area contributed by atoms with Crippen molar-refractivity contribution in [3.05, 3.63) is 35.9 Å². The number of hydrogen-bond acceptors (Lipinski definition) is 5. The van der Waals surface area contributed by atoms with Crippen LogP contribution < -0.4 is 10.6 Å². The van der Waals surface area contributed by atoms with Gasteiger partial charge in [0, 0.05) is 12.8 Å². The van der Waals surface area contributed by atoms with Crippen LogP contribution >= 0.6 is 0 Å². The van der Waals surface area contributed by atoms with Gasteiger partial charge >= 0.3 is 12.0 Å². The fraction of sp³-hybridized carbons (Fsp3) is 0.375. The normalized spacial score (nSPS) is 17.9. The number of benzene rings is 1. The Hall–Kier alpha value is -2.70. The molecule has 1 aromatic rings. The average Bonchev–Trinajstić information content (AvgIpc) is 2.53. The summed E-state index contributed by atoms with van der Waals surface area (Å²) in [6.45, 7) is 3.37. The molecule has 0 spiro atoms. The van der Waals surface area contributed by atoms with Crippen molar-refractivity contribution < 1.29 is 23.9 Å². The Morgan fingerprint density at radius 1 is 1.13 bits per heavy atom. The molecule has 1 aromatic carbocycles. The maximum absolute atomic E-state index is 12.3. The molecule has 4 amide bonds. The Kier molecular flexibility index (Phi) is 4.78. The number of hydrogen-bond donors (Lipinski definition) is 2. The van der Waals surface area contributed by atoms with Crippen molar-refractivity contribution in [1.82, 2.24) is 10.6 Å². The number of barbiturate groups is 1. The molecular weight excluding hydrogens is 300 g/mol. The van der Waals surface area contributed by atoms with E-state index in [1.54, 1.807) is 6.92 Å². The molecule has 1 heterocycles. The molecular formula is C16H18N2O5. The first kappa shape index (κ1) is 16.7. The molecule has 2 N–H and O–H groups in total. The molecule has 23 heavy (non-hydrogen) atoms. The lowest BCUT2D eigenvalue weighted by atomic mass is 9.84. The quantitative estimate of drug-likeness (QED) is 0.628. The molecule has 1 aliphatic rings. The summed E-state index contributed by atoms with van der Waals surface area (Å²) in [6.07, 6.45) is -0.0519. The van der Waals surface area contributed by atoms with Gasteiger partial charge in [0.2, 0.25) is 0 Å². The predicted octanol–water partition coefficient (Wildman–Crippen LogP) is 1.24. The highest BCUT2D eigenvalue weighted by Crippen LogP contribution is 2.30. The first-order valence-electron chi connectivity index (χ1n) is 7.32. The van der Waals surface area contributed by atoms with Crippen LogP contribution in [0.3, 0.4) is 0 Å². The molecule has 1 unspecified atom stereocenters. The average molecular weight is 318 g/mol. The van der Waals surface area contributed by atoms with Crippen molar-refractivity contribution in [3.63, 3.8) is 0 Å². The van der Waals surface area contributed by atoms with E-state index in [1.165, 1.54) is 0 Å². The van der Waals surface area contributed by atoms with Crippen molar-refractivity contribution in [1.29, 1.82) is 0 Å². The van der Waals surface area contributed by atoms with Crippen LogP contribution in [0.15, 0.2) is 30.3 Å². The van der Waals surface area contributed by atoms with E-state index < -0.39 is 29.4 Å². The Morgan fingerprint density at radius 3 is 2.22 bits per heavy atom. The first-order valence-corrected chi connectivity index (χ1v) is 7.32. The highest BCUT2D eigenvalue weighted by molar-refractivity contribution is 6.22. The van der Waals surface area contributed by atoms with Gasteiger partial charge in [-0.05, 0) is 11.5 Å². The number of rotatable bonds is 5. The summed E-state index contributed by atoms with van der Waals surface area (Å²) in [4.78, 5) is 47.6. The molecule has 1 aliphatic heterocycles. The summed E-state index contributed by atoms with van der Waals surface area (Å²) in [6, 6.07) is 8.30. The number of amides is 4. The lowest BCUT2D eigenvalue weighted by Crippen LogP contribution is -2.68. The largest absolute Gasteiger partial charge is 0.439 e. The third kappa shape index (κ3) is 3.39. The number of nitrogens with one attached hydrogen (secondary N) is 2. The standard InChI is InChI=1S/C16H18N2O5/c1-3-12(19)23-16(13(20)17-15(22)18-14(16)21)9-10(2)11-7-5-4-6-8-11/h4-8,10H,3,9H2,1-2H3,(H2,17,18,20,21,22). The van der Waals surface area contributed by atoms with Crippen LogP contribution in [0, 0.1) is 0 Å². The summed E-state index contributed by atoms with van der Waals surface area (Å²) < 4.78 is 5.18. The Bertz CT molecular complexity index is 621. The summed E-state index contributed by atoms with van der Waals surface area (Å²) in [5.74, 6) is -2.78. The molecule has 7 heteroatoms. The minimum atomic E-state index is -2.05. The van der Waals surface area contributed by atoms with Crippen molar-refractivity contribution in [2.75, 3.05) is 0 Å². The summed E-state index contributed by atoms with van der Waals surface area (Å²) in [7, 11) is 0. The summed E-state index contributed by atoms with van der Waals surface area (Å²) in [5, 5.41) is 4.00. The first-order chi connectivity index (χ1) is 10.9. The second kappa shape index (κ2) is 6.60. The van der Waals surface area contributed by atoms with Crippen LogP contribution in [0.1, 0.15) is 38.2 Å². The minimum absolute atomic E-state index is 0.00990.